The second-order valence-corrected chi connectivity index (χ2v) is 5.78. The maximum atomic E-state index is 9.52. The first-order valence-electron chi connectivity index (χ1n) is 4.90. The van der Waals surface area contributed by atoms with Crippen molar-refractivity contribution in [3.05, 3.63) is 0 Å². The van der Waals surface area contributed by atoms with Crippen molar-refractivity contribution in [3.8, 4) is 0 Å². The Hall–Kier alpha value is 0.460. The summed E-state index contributed by atoms with van der Waals surface area (Å²) in [6.07, 6.45) is 0.421. The quantitative estimate of drug-likeness (QED) is 0.721. The summed E-state index contributed by atoms with van der Waals surface area (Å²) in [5.41, 5.74) is 0. The van der Waals surface area contributed by atoms with Crippen LogP contribution in [0.15, 0.2) is 0 Å². The van der Waals surface area contributed by atoms with Gasteiger partial charge in [0.05, 0.1) is 25.4 Å². The summed E-state index contributed by atoms with van der Waals surface area (Å²) < 4.78 is 4.59. The molecular formula is C9H15Cl2NO2. The number of alkyl halides is 2. The zero-order chi connectivity index (χ0) is 10.3. The summed E-state index contributed by atoms with van der Waals surface area (Å²) in [5, 5.41) is 12.8. The van der Waals surface area contributed by atoms with Crippen LogP contribution in [0.3, 0.4) is 0 Å². The van der Waals surface area contributed by atoms with Gasteiger partial charge in [0, 0.05) is 12.0 Å². The monoisotopic (exact) mass is 239 g/mol. The van der Waals surface area contributed by atoms with Crippen molar-refractivity contribution in [1.29, 1.82) is 0 Å². The second-order valence-electron chi connectivity index (χ2n) is 4.24. The maximum Gasteiger partial charge on any atom is 0.123 e. The Morgan fingerprint density at radius 1 is 1.50 bits per heavy atom. The van der Waals surface area contributed by atoms with E-state index in [9.17, 15) is 5.11 Å². The third-order valence-corrected chi connectivity index (χ3v) is 3.87. The van der Waals surface area contributed by atoms with Gasteiger partial charge in [-0.1, -0.05) is 0 Å². The van der Waals surface area contributed by atoms with Crippen LogP contribution in [0.25, 0.3) is 0 Å². The number of halogens is 2. The predicted octanol–water partition coefficient (Wildman–Crippen LogP) is 0.918. The Kier molecular flexibility index (Phi) is 2.97. The van der Waals surface area contributed by atoms with Crippen LogP contribution in [0, 0.1) is 5.92 Å². The number of hydrogen-bond acceptors (Lipinski definition) is 3. The van der Waals surface area contributed by atoms with Crippen molar-refractivity contribution in [2.24, 2.45) is 5.92 Å². The first-order valence-corrected chi connectivity index (χ1v) is 5.66. The number of aliphatic hydroxyl groups excluding tert-OH is 1. The zero-order valence-corrected chi connectivity index (χ0v) is 9.55. The minimum Gasteiger partial charge on any atom is -0.389 e. The van der Waals surface area contributed by atoms with Crippen LogP contribution < -0.4 is 5.32 Å². The van der Waals surface area contributed by atoms with Crippen LogP contribution >= 0.6 is 23.2 Å². The normalized spacial score (nSPS) is 42.4. The summed E-state index contributed by atoms with van der Waals surface area (Å²) in [5.74, 6) is 0.290. The van der Waals surface area contributed by atoms with Gasteiger partial charge >= 0.3 is 0 Å². The molecule has 2 rings (SSSR count). The Morgan fingerprint density at radius 3 is 2.57 bits per heavy atom. The van der Waals surface area contributed by atoms with E-state index in [1.54, 1.807) is 0 Å². The highest BCUT2D eigenvalue weighted by atomic mass is 35.5. The Balaban J connectivity index is 1.80. The lowest BCUT2D eigenvalue weighted by Crippen LogP contribution is -2.45. The molecule has 1 heterocycles. The zero-order valence-electron chi connectivity index (χ0n) is 8.04. The van der Waals surface area contributed by atoms with Crippen molar-refractivity contribution < 1.29 is 9.84 Å². The lowest BCUT2D eigenvalue weighted by Gasteiger charge is -2.20. The number of hydrogen-bond donors (Lipinski definition) is 2. The van der Waals surface area contributed by atoms with Gasteiger partial charge in [0.25, 0.3) is 0 Å². The van der Waals surface area contributed by atoms with E-state index in [2.05, 4.69) is 5.32 Å². The van der Waals surface area contributed by atoms with Crippen molar-refractivity contribution in [3.63, 3.8) is 0 Å². The fourth-order valence-electron chi connectivity index (χ4n) is 1.93. The standard InChI is InChI=1S/C9H15Cl2NO2/c1-5(6-2-9(6,10)11)12-7-3-14-4-8(7)13/h5-8,12-13H,2-4H2,1H3. The van der Waals surface area contributed by atoms with E-state index in [1.165, 1.54) is 0 Å². The molecule has 0 spiro atoms. The maximum absolute atomic E-state index is 9.52. The van der Waals surface area contributed by atoms with Gasteiger partial charge in [0.2, 0.25) is 0 Å². The van der Waals surface area contributed by atoms with Crippen LogP contribution in [0.2, 0.25) is 0 Å². The molecule has 0 bridgehead atoms. The molecule has 1 aliphatic carbocycles. The molecule has 0 aromatic rings. The van der Waals surface area contributed by atoms with Crippen molar-refractivity contribution in [2.45, 2.75) is 35.9 Å². The predicted molar refractivity (Wildman–Crippen MR) is 55.8 cm³/mol. The minimum atomic E-state index is -0.559. The van der Waals surface area contributed by atoms with E-state index in [1.807, 2.05) is 6.92 Å². The van der Waals surface area contributed by atoms with E-state index in [4.69, 9.17) is 27.9 Å². The molecule has 2 fully saturated rings. The van der Waals surface area contributed by atoms with E-state index < -0.39 is 10.4 Å². The van der Waals surface area contributed by atoms with Crippen molar-refractivity contribution in [2.75, 3.05) is 13.2 Å². The molecule has 0 amide bonds. The number of aliphatic hydroxyl groups is 1. The molecule has 1 saturated carbocycles. The summed E-state index contributed by atoms with van der Waals surface area (Å²) in [6, 6.07) is 0.251. The van der Waals surface area contributed by atoms with Crippen molar-refractivity contribution >= 4 is 23.2 Å². The number of ether oxygens (including phenoxy) is 1. The first-order chi connectivity index (χ1) is 6.50. The van der Waals surface area contributed by atoms with Crippen LogP contribution in [0.5, 0.6) is 0 Å². The summed E-state index contributed by atoms with van der Waals surface area (Å²) in [6.45, 7) is 3.03. The SMILES string of the molecule is CC(NC1COCC1O)C1CC1(Cl)Cl. The van der Waals surface area contributed by atoms with Crippen molar-refractivity contribution in [1.82, 2.24) is 5.32 Å². The molecule has 82 valence electrons. The summed E-state index contributed by atoms with van der Waals surface area (Å²) >= 11 is 11.9. The third-order valence-electron chi connectivity index (χ3n) is 3.01. The fraction of sp³-hybridized carbons (Fsp3) is 1.00. The van der Waals surface area contributed by atoms with Crippen LogP contribution in [-0.4, -0.2) is 40.8 Å². The third kappa shape index (κ3) is 2.17. The van der Waals surface area contributed by atoms with Crippen LogP contribution in [0.1, 0.15) is 13.3 Å². The van der Waals surface area contributed by atoms with Gasteiger partial charge in [0.15, 0.2) is 0 Å². The Morgan fingerprint density at radius 2 is 2.14 bits per heavy atom. The summed E-state index contributed by atoms with van der Waals surface area (Å²) in [4.78, 5) is 0. The van der Waals surface area contributed by atoms with Crippen LogP contribution in [-0.2, 0) is 4.74 Å². The van der Waals surface area contributed by atoms with E-state index >= 15 is 0 Å². The molecule has 3 nitrogen and oxygen atoms in total. The molecule has 2 aliphatic rings. The highest BCUT2D eigenvalue weighted by Gasteiger charge is 2.54. The van der Waals surface area contributed by atoms with Gasteiger partial charge in [-0.05, 0) is 13.3 Å². The van der Waals surface area contributed by atoms with Gasteiger partial charge < -0.3 is 15.2 Å². The topological polar surface area (TPSA) is 41.5 Å². The summed E-state index contributed by atoms with van der Waals surface area (Å²) in [7, 11) is 0. The lowest BCUT2D eigenvalue weighted by molar-refractivity contribution is 0.121. The van der Waals surface area contributed by atoms with Gasteiger partial charge in [-0.15, -0.1) is 23.2 Å². The number of nitrogens with one attached hydrogen (secondary N) is 1. The molecule has 1 aliphatic heterocycles. The number of rotatable bonds is 3. The van der Waals surface area contributed by atoms with Gasteiger partial charge in [-0.3, -0.25) is 0 Å². The average Bonchev–Trinajstić information content (AvgIpc) is 2.54. The molecule has 2 N–H and O–H groups in total. The van der Waals surface area contributed by atoms with E-state index in [0.29, 0.717) is 19.1 Å². The molecular weight excluding hydrogens is 225 g/mol. The Bertz CT molecular complexity index is 225. The van der Waals surface area contributed by atoms with Crippen LogP contribution in [0.4, 0.5) is 0 Å². The van der Waals surface area contributed by atoms with E-state index in [0.717, 1.165) is 6.42 Å². The highest BCUT2D eigenvalue weighted by molar-refractivity contribution is 6.50. The average molecular weight is 240 g/mol. The molecule has 0 aromatic heterocycles. The molecule has 4 atom stereocenters. The molecule has 0 radical (unpaired) electrons. The highest BCUT2D eigenvalue weighted by Crippen LogP contribution is 2.54. The van der Waals surface area contributed by atoms with Gasteiger partial charge in [-0.2, -0.15) is 0 Å². The molecule has 14 heavy (non-hydrogen) atoms. The molecule has 4 unspecified atom stereocenters. The first kappa shape index (κ1) is 11.0. The van der Waals surface area contributed by atoms with Gasteiger partial charge in [-0.25, -0.2) is 0 Å². The second kappa shape index (κ2) is 3.80. The molecule has 1 saturated heterocycles. The molecule has 5 heteroatoms. The molecule has 0 aromatic carbocycles. The van der Waals surface area contributed by atoms with E-state index in [-0.39, 0.29) is 12.1 Å². The fourth-order valence-corrected chi connectivity index (χ4v) is 2.64. The van der Waals surface area contributed by atoms with Gasteiger partial charge in [0.1, 0.15) is 4.33 Å². The largest absolute Gasteiger partial charge is 0.389 e. The minimum absolute atomic E-state index is 0.0229. The Labute approximate surface area is 93.7 Å². The lowest BCUT2D eigenvalue weighted by atomic mass is 10.1. The smallest absolute Gasteiger partial charge is 0.123 e.